The van der Waals surface area contributed by atoms with Crippen molar-refractivity contribution in [3.63, 3.8) is 0 Å². The third kappa shape index (κ3) is 4.62. The monoisotopic (exact) mass is 248 g/mol. The molecule has 1 aromatic heterocycles. The second kappa shape index (κ2) is 6.85. The number of unbranched alkanes of at least 4 members (excludes halogenated alkanes) is 1. The zero-order valence-corrected chi connectivity index (χ0v) is 11.3. The predicted molar refractivity (Wildman–Crippen MR) is 69.7 cm³/mol. The molecule has 18 heavy (non-hydrogen) atoms. The van der Waals surface area contributed by atoms with Gasteiger partial charge in [-0.15, -0.1) is 5.92 Å². The number of nitrogens with zero attached hydrogens (tertiary/aromatic N) is 2. The molecule has 4 heteroatoms. The molecule has 1 aromatic rings. The third-order valence-corrected chi connectivity index (χ3v) is 2.79. The Labute approximate surface area is 108 Å². The van der Waals surface area contributed by atoms with Crippen LogP contribution in [0.4, 0.5) is 0 Å². The molecule has 0 aliphatic carbocycles. The van der Waals surface area contributed by atoms with Crippen molar-refractivity contribution >= 4 is 5.97 Å². The number of hydrogen-bond acceptors (Lipinski definition) is 3. The Bertz CT molecular complexity index is 424. The molecule has 0 radical (unpaired) electrons. The van der Waals surface area contributed by atoms with E-state index in [1.807, 2.05) is 24.6 Å². The standard InChI is InChI=1S/C14H20N2O2/c1-14(2,13(17)18-3)8-6-4-5-7-10-16-11-9-15-12-16/h9,11-12H,4,6,8,10H2,1-3H3. The van der Waals surface area contributed by atoms with Gasteiger partial charge in [-0.25, -0.2) is 4.98 Å². The lowest BCUT2D eigenvalue weighted by molar-refractivity contribution is -0.151. The number of hydrogen-bond donors (Lipinski definition) is 0. The van der Waals surface area contributed by atoms with E-state index in [2.05, 4.69) is 16.8 Å². The highest BCUT2D eigenvalue weighted by Crippen LogP contribution is 2.24. The first-order valence-corrected chi connectivity index (χ1v) is 6.06. The first-order chi connectivity index (χ1) is 8.56. The third-order valence-electron chi connectivity index (χ3n) is 2.79. The summed E-state index contributed by atoms with van der Waals surface area (Å²) in [6.07, 6.45) is 7.86. The number of esters is 1. The van der Waals surface area contributed by atoms with Crippen molar-refractivity contribution < 1.29 is 9.53 Å². The number of carbonyl (C=O) groups excluding carboxylic acids is 1. The van der Waals surface area contributed by atoms with Gasteiger partial charge in [0.2, 0.25) is 0 Å². The highest BCUT2D eigenvalue weighted by molar-refractivity contribution is 5.75. The molecule has 0 atom stereocenters. The van der Waals surface area contributed by atoms with Crippen molar-refractivity contribution in [2.24, 2.45) is 5.41 Å². The molecule has 0 fully saturated rings. The fourth-order valence-corrected chi connectivity index (χ4v) is 1.61. The minimum atomic E-state index is -0.416. The van der Waals surface area contributed by atoms with Gasteiger partial charge in [-0.1, -0.05) is 5.92 Å². The van der Waals surface area contributed by atoms with Crippen LogP contribution in [0.3, 0.4) is 0 Å². The molecule has 1 heterocycles. The van der Waals surface area contributed by atoms with Gasteiger partial charge in [0, 0.05) is 18.8 Å². The average Bonchev–Trinajstić information content (AvgIpc) is 2.85. The van der Waals surface area contributed by atoms with Crippen LogP contribution in [0.25, 0.3) is 0 Å². The lowest BCUT2D eigenvalue weighted by Gasteiger charge is -2.20. The van der Waals surface area contributed by atoms with Crippen molar-refractivity contribution in [2.75, 3.05) is 7.11 Å². The molecule has 0 bridgehead atoms. The van der Waals surface area contributed by atoms with Crippen molar-refractivity contribution in [2.45, 2.75) is 39.7 Å². The van der Waals surface area contributed by atoms with Gasteiger partial charge < -0.3 is 9.30 Å². The molecule has 0 aromatic carbocycles. The Morgan fingerprint density at radius 3 is 2.83 bits per heavy atom. The van der Waals surface area contributed by atoms with Gasteiger partial charge in [0.15, 0.2) is 0 Å². The maximum atomic E-state index is 11.4. The number of ether oxygens (including phenoxy) is 1. The van der Waals surface area contributed by atoms with Gasteiger partial charge in [-0.3, -0.25) is 4.79 Å². The van der Waals surface area contributed by atoms with Gasteiger partial charge in [-0.05, 0) is 26.7 Å². The molecule has 0 N–H and O–H groups in total. The van der Waals surface area contributed by atoms with E-state index in [0.717, 1.165) is 19.3 Å². The van der Waals surface area contributed by atoms with Crippen LogP contribution < -0.4 is 0 Å². The van der Waals surface area contributed by atoms with Crippen LogP contribution in [0.5, 0.6) is 0 Å². The summed E-state index contributed by atoms with van der Waals surface area (Å²) >= 11 is 0. The molecule has 4 nitrogen and oxygen atoms in total. The van der Waals surface area contributed by atoms with Crippen LogP contribution in [0, 0.1) is 17.3 Å². The van der Waals surface area contributed by atoms with Crippen LogP contribution in [0.2, 0.25) is 0 Å². The Morgan fingerprint density at radius 1 is 1.44 bits per heavy atom. The summed E-state index contributed by atoms with van der Waals surface area (Å²) in [5.41, 5.74) is -0.416. The Hall–Kier alpha value is -1.76. The first kappa shape index (κ1) is 14.3. The fraction of sp³-hybridized carbons (Fsp3) is 0.571. The van der Waals surface area contributed by atoms with E-state index < -0.39 is 5.41 Å². The second-order valence-corrected chi connectivity index (χ2v) is 4.82. The fourth-order valence-electron chi connectivity index (χ4n) is 1.61. The number of rotatable bonds is 5. The van der Waals surface area contributed by atoms with Crippen LogP contribution in [-0.4, -0.2) is 22.6 Å². The number of carbonyl (C=O) groups is 1. The van der Waals surface area contributed by atoms with E-state index in [-0.39, 0.29) is 5.97 Å². The molecule has 1 rings (SSSR count). The normalized spacial score (nSPS) is 10.6. The average molecular weight is 248 g/mol. The van der Waals surface area contributed by atoms with E-state index in [1.165, 1.54) is 7.11 Å². The topological polar surface area (TPSA) is 44.1 Å². The zero-order chi connectivity index (χ0) is 13.4. The minimum Gasteiger partial charge on any atom is -0.469 e. The summed E-state index contributed by atoms with van der Waals surface area (Å²) in [7, 11) is 1.43. The summed E-state index contributed by atoms with van der Waals surface area (Å²) in [6.45, 7) is 4.47. The summed E-state index contributed by atoms with van der Waals surface area (Å²) in [5.74, 6) is 6.02. The predicted octanol–water partition coefficient (Wildman–Crippen LogP) is 2.26. The molecule has 0 saturated carbocycles. The van der Waals surface area contributed by atoms with E-state index >= 15 is 0 Å². The van der Waals surface area contributed by atoms with E-state index in [1.54, 1.807) is 12.5 Å². The lowest BCUT2D eigenvalue weighted by atomic mass is 9.87. The van der Waals surface area contributed by atoms with E-state index in [9.17, 15) is 4.79 Å². The van der Waals surface area contributed by atoms with Crippen molar-refractivity contribution in [1.29, 1.82) is 0 Å². The quantitative estimate of drug-likeness (QED) is 0.456. The maximum absolute atomic E-state index is 11.4. The van der Waals surface area contributed by atoms with Crippen molar-refractivity contribution in [3.05, 3.63) is 18.7 Å². The molecule has 0 saturated heterocycles. The molecular formula is C14H20N2O2. The Balaban J connectivity index is 2.22. The number of imidazole rings is 1. The highest BCUT2D eigenvalue weighted by Gasteiger charge is 2.27. The summed E-state index contributed by atoms with van der Waals surface area (Å²) < 4.78 is 6.68. The summed E-state index contributed by atoms with van der Waals surface area (Å²) in [6, 6.07) is 0. The van der Waals surface area contributed by atoms with Crippen LogP contribution in [-0.2, 0) is 16.1 Å². The number of aromatic nitrogens is 2. The van der Waals surface area contributed by atoms with Gasteiger partial charge in [0.25, 0.3) is 0 Å². The molecule has 0 unspecified atom stereocenters. The molecule has 98 valence electrons. The molecule has 0 amide bonds. The SMILES string of the molecule is COC(=O)C(C)(C)CCCC#CCn1ccnc1. The van der Waals surface area contributed by atoms with Crippen molar-refractivity contribution in [1.82, 2.24) is 9.55 Å². The van der Waals surface area contributed by atoms with E-state index in [4.69, 9.17) is 4.74 Å². The van der Waals surface area contributed by atoms with Gasteiger partial charge in [-0.2, -0.15) is 0 Å². The molecule has 0 aliphatic heterocycles. The largest absolute Gasteiger partial charge is 0.469 e. The second-order valence-electron chi connectivity index (χ2n) is 4.82. The lowest BCUT2D eigenvalue weighted by Crippen LogP contribution is -2.25. The molecule has 0 spiro atoms. The van der Waals surface area contributed by atoms with Crippen LogP contribution in [0.15, 0.2) is 18.7 Å². The van der Waals surface area contributed by atoms with Crippen LogP contribution >= 0.6 is 0 Å². The highest BCUT2D eigenvalue weighted by atomic mass is 16.5. The van der Waals surface area contributed by atoms with E-state index in [0.29, 0.717) is 6.54 Å². The maximum Gasteiger partial charge on any atom is 0.311 e. The Kier molecular flexibility index (Phi) is 5.44. The first-order valence-electron chi connectivity index (χ1n) is 6.06. The van der Waals surface area contributed by atoms with Gasteiger partial charge in [0.05, 0.1) is 25.4 Å². The van der Waals surface area contributed by atoms with Crippen LogP contribution in [0.1, 0.15) is 33.1 Å². The van der Waals surface area contributed by atoms with Gasteiger partial charge in [0.1, 0.15) is 0 Å². The zero-order valence-electron chi connectivity index (χ0n) is 11.3. The van der Waals surface area contributed by atoms with Gasteiger partial charge >= 0.3 is 5.97 Å². The summed E-state index contributed by atoms with van der Waals surface area (Å²) in [4.78, 5) is 15.4. The number of methoxy groups -OCH3 is 1. The smallest absolute Gasteiger partial charge is 0.311 e. The minimum absolute atomic E-state index is 0.158. The Morgan fingerprint density at radius 2 is 2.22 bits per heavy atom. The summed E-state index contributed by atoms with van der Waals surface area (Å²) in [5, 5.41) is 0. The molecular weight excluding hydrogens is 228 g/mol. The van der Waals surface area contributed by atoms with Crippen molar-refractivity contribution in [3.8, 4) is 11.8 Å². The molecule has 0 aliphatic rings.